The number of hydrogen-bond acceptors (Lipinski definition) is 6. The maximum Gasteiger partial charge on any atom is 0.271 e. The van der Waals surface area contributed by atoms with Gasteiger partial charge in [0.25, 0.3) is 5.91 Å². The number of para-hydroxylation sites is 1. The van der Waals surface area contributed by atoms with Gasteiger partial charge in [-0.15, -0.1) is 0 Å². The number of hydrogen-bond donors (Lipinski definition) is 1. The van der Waals surface area contributed by atoms with Crippen LogP contribution in [0.15, 0.2) is 63.0 Å². The molecular weight excluding hydrogens is 336 g/mol. The van der Waals surface area contributed by atoms with Crippen LogP contribution < -0.4 is 20.3 Å². The van der Waals surface area contributed by atoms with E-state index in [-0.39, 0.29) is 11.0 Å². The number of carbonyl (C=O) groups is 1. The summed E-state index contributed by atoms with van der Waals surface area (Å²) < 4.78 is 15.6. The number of hydrazone groups is 1. The highest BCUT2D eigenvalue weighted by molar-refractivity contribution is 5.96. The second-order valence-electron chi connectivity index (χ2n) is 5.32. The minimum atomic E-state index is -0.469. The van der Waals surface area contributed by atoms with Gasteiger partial charge in [0.15, 0.2) is 0 Å². The van der Waals surface area contributed by atoms with E-state index in [1.807, 2.05) is 0 Å². The summed E-state index contributed by atoms with van der Waals surface area (Å²) in [6, 6.07) is 11.7. The first-order valence-electron chi connectivity index (χ1n) is 7.69. The fraction of sp³-hybridized carbons (Fsp3) is 0.105. The molecular formula is C19H16N2O5. The highest BCUT2D eigenvalue weighted by Crippen LogP contribution is 2.22. The van der Waals surface area contributed by atoms with Crippen molar-refractivity contribution < 1.29 is 18.7 Å². The summed E-state index contributed by atoms with van der Waals surface area (Å²) in [5.74, 6) is 0.492. The number of carbonyl (C=O) groups excluding carboxylic acids is 1. The van der Waals surface area contributed by atoms with Gasteiger partial charge in [-0.2, -0.15) is 5.10 Å². The van der Waals surface area contributed by atoms with Crippen LogP contribution in [0.2, 0.25) is 0 Å². The van der Waals surface area contributed by atoms with Crippen molar-refractivity contribution in [2.45, 2.75) is 0 Å². The zero-order chi connectivity index (χ0) is 18.5. The predicted molar refractivity (Wildman–Crippen MR) is 97.1 cm³/mol. The average molecular weight is 352 g/mol. The van der Waals surface area contributed by atoms with E-state index in [4.69, 9.17) is 13.9 Å². The number of nitrogens with one attached hydrogen (secondary N) is 1. The summed E-state index contributed by atoms with van der Waals surface area (Å²) in [4.78, 5) is 24.6. The molecule has 0 unspecified atom stereocenters. The number of fused-ring (bicyclic) bond motifs is 1. The van der Waals surface area contributed by atoms with Gasteiger partial charge in [0.1, 0.15) is 23.3 Å². The number of nitrogens with zero attached hydrogens (tertiary/aromatic N) is 1. The molecule has 2 aromatic carbocycles. The van der Waals surface area contributed by atoms with E-state index in [0.717, 1.165) is 0 Å². The number of benzene rings is 2. The summed E-state index contributed by atoms with van der Waals surface area (Å²) in [5, 5.41) is 4.28. The lowest BCUT2D eigenvalue weighted by Crippen LogP contribution is -2.18. The zero-order valence-electron chi connectivity index (χ0n) is 14.2. The SMILES string of the molecule is COc1cc(OC)cc(C(=O)N/N=C\c2coc3ccccc3c2=O)c1. The molecule has 0 aliphatic carbocycles. The Labute approximate surface area is 148 Å². The maximum atomic E-state index is 12.3. The molecule has 7 nitrogen and oxygen atoms in total. The Morgan fingerprint density at radius 2 is 1.81 bits per heavy atom. The van der Waals surface area contributed by atoms with E-state index >= 15 is 0 Å². The zero-order valence-corrected chi connectivity index (χ0v) is 14.2. The maximum absolute atomic E-state index is 12.3. The normalized spacial score (nSPS) is 10.8. The fourth-order valence-corrected chi connectivity index (χ4v) is 2.35. The molecule has 1 heterocycles. The summed E-state index contributed by atoms with van der Waals surface area (Å²) in [6.07, 6.45) is 2.54. The third kappa shape index (κ3) is 3.56. The Morgan fingerprint density at radius 3 is 2.50 bits per heavy atom. The largest absolute Gasteiger partial charge is 0.497 e. The number of rotatable bonds is 5. The van der Waals surface area contributed by atoms with E-state index in [1.165, 1.54) is 26.7 Å². The summed E-state index contributed by atoms with van der Waals surface area (Å²) >= 11 is 0. The molecule has 0 bridgehead atoms. The van der Waals surface area contributed by atoms with Gasteiger partial charge in [0.2, 0.25) is 5.43 Å². The highest BCUT2D eigenvalue weighted by Gasteiger charge is 2.09. The van der Waals surface area contributed by atoms with Crippen LogP contribution in [-0.2, 0) is 0 Å². The molecule has 0 radical (unpaired) electrons. The summed E-state index contributed by atoms with van der Waals surface area (Å²) in [7, 11) is 2.99. The standard InChI is InChI=1S/C19H16N2O5/c1-24-14-7-12(8-15(9-14)25-2)19(23)21-20-10-13-11-26-17-6-4-3-5-16(17)18(13)22/h3-11H,1-2H3,(H,21,23)/b20-10-. The molecule has 7 heteroatoms. The van der Waals surface area contributed by atoms with Crippen LogP contribution in [0.3, 0.4) is 0 Å². The van der Waals surface area contributed by atoms with Crippen LogP contribution in [0, 0.1) is 0 Å². The Kier molecular flexibility index (Phi) is 4.98. The van der Waals surface area contributed by atoms with Gasteiger partial charge in [0, 0.05) is 11.6 Å². The van der Waals surface area contributed by atoms with E-state index in [1.54, 1.807) is 42.5 Å². The van der Waals surface area contributed by atoms with Crippen molar-refractivity contribution >= 4 is 23.1 Å². The van der Waals surface area contributed by atoms with E-state index in [9.17, 15) is 9.59 Å². The Hall–Kier alpha value is -3.61. The van der Waals surface area contributed by atoms with Crippen molar-refractivity contribution in [2.75, 3.05) is 14.2 Å². The Balaban J connectivity index is 1.80. The minimum Gasteiger partial charge on any atom is -0.497 e. The van der Waals surface area contributed by atoms with Crippen LogP contribution in [0.4, 0.5) is 0 Å². The molecule has 3 aromatic rings. The van der Waals surface area contributed by atoms with E-state index < -0.39 is 5.91 Å². The molecule has 132 valence electrons. The molecule has 0 saturated heterocycles. The molecule has 26 heavy (non-hydrogen) atoms. The highest BCUT2D eigenvalue weighted by atomic mass is 16.5. The summed E-state index contributed by atoms with van der Waals surface area (Å²) in [6.45, 7) is 0. The van der Waals surface area contributed by atoms with Gasteiger partial charge in [-0.1, -0.05) is 12.1 Å². The second kappa shape index (κ2) is 7.52. The fourth-order valence-electron chi connectivity index (χ4n) is 2.35. The van der Waals surface area contributed by atoms with Crippen molar-refractivity contribution in [3.8, 4) is 11.5 Å². The molecule has 1 N–H and O–H groups in total. The molecule has 0 fully saturated rings. The molecule has 0 saturated carbocycles. The summed E-state index contributed by atoms with van der Waals surface area (Å²) in [5.41, 5.74) is 3.16. The molecule has 0 spiro atoms. The predicted octanol–water partition coefficient (Wildman–Crippen LogP) is 2.57. The molecule has 1 aromatic heterocycles. The Bertz CT molecular complexity index is 1020. The van der Waals surface area contributed by atoms with Crippen LogP contribution in [0.25, 0.3) is 11.0 Å². The number of ether oxygens (including phenoxy) is 2. The third-order valence-corrected chi connectivity index (χ3v) is 3.69. The minimum absolute atomic E-state index is 0.229. The third-order valence-electron chi connectivity index (χ3n) is 3.69. The number of amides is 1. The van der Waals surface area contributed by atoms with Crippen molar-refractivity contribution in [3.05, 3.63) is 70.1 Å². The van der Waals surface area contributed by atoms with Gasteiger partial charge in [-0.25, -0.2) is 5.43 Å². The lowest BCUT2D eigenvalue weighted by atomic mass is 10.2. The van der Waals surface area contributed by atoms with Gasteiger partial charge >= 0.3 is 0 Å². The molecule has 0 atom stereocenters. The molecule has 0 aliphatic rings. The van der Waals surface area contributed by atoms with Crippen molar-refractivity contribution in [1.82, 2.24) is 5.43 Å². The van der Waals surface area contributed by atoms with Gasteiger partial charge in [-0.3, -0.25) is 9.59 Å². The lowest BCUT2D eigenvalue weighted by Gasteiger charge is -2.07. The van der Waals surface area contributed by atoms with Gasteiger partial charge in [0.05, 0.1) is 31.4 Å². The first kappa shape index (κ1) is 17.2. The van der Waals surface area contributed by atoms with Gasteiger partial charge in [-0.05, 0) is 24.3 Å². The lowest BCUT2D eigenvalue weighted by molar-refractivity contribution is 0.0954. The molecule has 1 amide bonds. The molecule has 3 rings (SSSR count). The van der Waals surface area contributed by atoms with Gasteiger partial charge < -0.3 is 13.9 Å². The van der Waals surface area contributed by atoms with Crippen molar-refractivity contribution in [1.29, 1.82) is 0 Å². The van der Waals surface area contributed by atoms with E-state index in [0.29, 0.717) is 28.0 Å². The van der Waals surface area contributed by atoms with Crippen LogP contribution >= 0.6 is 0 Å². The smallest absolute Gasteiger partial charge is 0.271 e. The van der Waals surface area contributed by atoms with Crippen LogP contribution in [0.5, 0.6) is 11.5 Å². The molecule has 0 aliphatic heterocycles. The first-order chi connectivity index (χ1) is 12.6. The quantitative estimate of drug-likeness (QED) is 0.563. The Morgan fingerprint density at radius 1 is 1.12 bits per heavy atom. The number of methoxy groups -OCH3 is 2. The topological polar surface area (TPSA) is 90.1 Å². The van der Waals surface area contributed by atoms with Crippen molar-refractivity contribution in [2.24, 2.45) is 5.10 Å². The van der Waals surface area contributed by atoms with Crippen molar-refractivity contribution in [3.63, 3.8) is 0 Å². The monoisotopic (exact) mass is 352 g/mol. The average Bonchev–Trinajstić information content (AvgIpc) is 2.69. The van der Waals surface area contributed by atoms with Crippen LogP contribution in [-0.4, -0.2) is 26.3 Å². The second-order valence-corrected chi connectivity index (χ2v) is 5.32. The first-order valence-corrected chi connectivity index (χ1v) is 7.69. The van der Waals surface area contributed by atoms with Crippen LogP contribution in [0.1, 0.15) is 15.9 Å². The van der Waals surface area contributed by atoms with E-state index in [2.05, 4.69) is 10.5 Å².